The summed E-state index contributed by atoms with van der Waals surface area (Å²) in [6.07, 6.45) is 1.11. The average Bonchev–Trinajstić information content (AvgIpc) is 2.85. The van der Waals surface area contributed by atoms with Crippen LogP contribution in [0, 0.1) is 0 Å². The summed E-state index contributed by atoms with van der Waals surface area (Å²) in [7, 11) is 1.70. The van der Waals surface area contributed by atoms with Crippen LogP contribution in [0.2, 0.25) is 10.0 Å². The van der Waals surface area contributed by atoms with E-state index in [4.69, 9.17) is 27.9 Å². The van der Waals surface area contributed by atoms with Crippen molar-refractivity contribution in [1.29, 1.82) is 0 Å². The van der Waals surface area contributed by atoms with E-state index in [1.807, 2.05) is 36.4 Å². The van der Waals surface area contributed by atoms with Gasteiger partial charge in [0.25, 0.3) is 0 Å². The fourth-order valence-electron chi connectivity index (χ4n) is 3.31. The Morgan fingerprint density at radius 1 is 1.04 bits per heavy atom. The molecule has 1 saturated heterocycles. The highest BCUT2D eigenvalue weighted by atomic mass is 35.5. The summed E-state index contributed by atoms with van der Waals surface area (Å²) >= 11 is 12.6. The second kappa shape index (κ2) is 8.21. The van der Waals surface area contributed by atoms with Crippen molar-refractivity contribution in [3.05, 3.63) is 63.6 Å². The van der Waals surface area contributed by atoms with Gasteiger partial charge in [-0.3, -0.25) is 4.90 Å². The molecule has 0 aliphatic carbocycles. The number of hydrogen-bond donors (Lipinski definition) is 1. The molecule has 1 heterocycles. The zero-order chi connectivity index (χ0) is 16.9. The Morgan fingerprint density at radius 3 is 2.67 bits per heavy atom. The second-order valence-electron chi connectivity index (χ2n) is 5.98. The lowest BCUT2D eigenvalue weighted by atomic mass is 9.96. The largest absolute Gasteiger partial charge is 0.496 e. The number of benzene rings is 2. The van der Waals surface area contributed by atoms with E-state index in [1.54, 1.807) is 7.11 Å². The summed E-state index contributed by atoms with van der Waals surface area (Å²) in [5.41, 5.74) is 2.24. The van der Waals surface area contributed by atoms with Crippen LogP contribution in [-0.2, 0) is 0 Å². The summed E-state index contributed by atoms with van der Waals surface area (Å²) in [6.45, 7) is 4.00. The van der Waals surface area contributed by atoms with Gasteiger partial charge in [-0.15, -0.1) is 0 Å². The normalized spacial score (nSPS) is 17.3. The van der Waals surface area contributed by atoms with E-state index in [-0.39, 0.29) is 6.04 Å². The number of methoxy groups -OCH3 is 1. The summed E-state index contributed by atoms with van der Waals surface area (Å²) in [5.74, 6) is 0.849. The van der Waals surface area contributed by atoms with Crippen molar-refractivity contribution in [2.24, 2.45) is 0 Å². The Bertz CT molecular complexity index is 685. The van der Waals surface area contributed by atoms with Crippen molar-refractivity contribution in [2.45, 2.75) is 12.5 Å². The molecule has 0 amide bonds. The van der Waals surface area contributed by atoms with Crippen LogP contribution < -0.4 is 10.1 Å². The molecule has 1 aliphatic rings. The minimum absolute atomic E-state index is 0.0669. The molecule has 0 bridgehead atoms. The molecule has 0 spiro atoms. The van der Waals surface area contributed by atoms with Gasteiger partial charge in [0, 0.05) is 35.2 Å². The van der Waals surface area contributed by atoms with Crippen molar-refractivity contribution >= 4 is 23.2 Å². The van der Waals surface area contributed by atoms with Gasteiger partial charge in [0.2, 0.25) is 0 Å². The van der Waals surface area contributed by atoms with Gasteiger partial charge in [-0.1, -0.05) is 35.3 Å². The third-order valence-corrected chi connectivity index (χ3v) is 4.86. The van der Waals surface area contributed by atoms with Crippen molar-refractivity contribution in [1.82, 2.24) is 10.2 Å². The topological polar surface area (TPSA) is 24.5 Å². The fourth-order valence-corrected chi connectivity index (χ4v) is 3.69. The van der Waals surface area contributed by atoms with Crippen LogP contribution in [0.1, 0.15) is 23.6 Å². The van der Waals surface area contributed by atoms with Crippen LogP contribution in [0.4, 0.5) is 0 Å². The van der Waals surface area contributed by atoms with Gasteiger partial charge < -0.3 is 10.1 Å². The third kappa shape index (κ3) is 4.04. The number of nitrogens with one attached hydrogen (secondary N) is 1. The molecule has 5 heteroatoms. The van der Waals surface area contributed by atoms with Crippen LogP contribution in [-0.4, -0.2) is 38.2 Å². The van der Waals surface area contributed by atoms with Gasteiger partial charge in [-0.25, -0.2) is 0 Å². The highest BCUT2D eigenvalue weighted by molar-refractivity contribution is 6.31. The van der Waals surface area contributed by atoms with Crippen LogP contribution in [0.15, 0.2) is 42.5 Å². The van der Waals surface area contributed by atoms with E-state index in [2.05, 4.69) is 16.3 Å². The van der Waals surface area contributed by atoms with E-state index in [0.717, 1.165) is 54.5 Å². The van der Waals surface area contributed by atoms with E-state index in [9.17, 15) is 0 Å². The molecule has 1 fully saturated rings. The Morgan fingerprint density at radius 2 is 1.88 bits per heavy atom. The highest BCUT2D eigenvalue weighted by Gasteiger charge is 2.26. The zero-order valence-corrected chi connectivity index (χ0v) is 15.3. The lowest BCUT2D eigenvalue weighted by Crippen LogP contribution is -2.33. The summed E-state index contributed by atoms with van der Waals surface area (Å²) in [4.78, 5) is 2.47. The average molecular weight is 365 g/mol. The quantitative estimate of drug-likeness (QED) is 0.870. The van der Waals surface area contributed by atoms with Crippen LogP contribution >= 0.6 is 23.2 Å². The molecule has 128 valence electrons. The van der Waals surface area contributed by atoms with Crippen molar-refractivity contribution in [2.75, 3.05) is 33.3 Å². The monoisotopic (exact) mass is 364 g/mol. The Balaban J connectivity index is 2.09. The summed E-state index contributed by atoms with van der Waals surface area (Å²) in [6, 6.07) is 13.9. The molecule has 1 N–H and O–H groups in total. The van der Waals surface area contributed by atoms with Gasteiger partial charge in [-0.2, -0.15) is 0 Å². The smallest absolute Gasteiger partial charge is 0.124 e. The number of rotatable bonds is 4. The first-order valence-corrected chi connectivity index (χ1v) is 8.98. The maximum atomic E-state index is 6.30. The number of halogens is 2. The first-order valence-electron chi connectivity index (χ1n) is 8.22. The Kier molecular flexibility index (Phi) is 6.01. The molecule has 3 nitrogen and oxygen atoms in total. The first kappa shape index (κ1) is 17.6. The molecule has 0 aromatic heterocycles. The van der Waals surface area contributed by atoms with Gasteiger partial charge in [0.15, 0.2) is 0 Å². The number of hydrogen-bond acceptors (Lipinski definition) is 3. The summed E-state index contributed by atoms with van der Waals surface area (Å²) < 4.78 is 5.62. The molecule has 0 radical (unpaired) electrons. The highest BCUT2D eigenvalue weighted by Crippen LogP contribution is 2.37. The third-order valence-electron chi connectivity index (χ3n) is 4.39. The minimum Gasteiger partial charge on any atom is -0.496 e. The molecule has 0 saturated carbocycles. The maximum Gasteiger partial charge on any atom is 0.124 e. The number of ether oxygens (including phenoxy) is 1. The SMILES string of the molecule is COc1ccc(Cl)cc1C(c1cccc(Cl)c1)N1CCCNCC1. The molecule has 1 unspecified atom stereocenters. The van der Waals surface area contributed by atoms with E-state index in [0.29, 0.717) is 5.02 Å². The van der Waals surface area contributed by atoms with E-state index in [1.165, 1.54) is 0 Å². The van der Waals surface area contributed by atoms with Gasteiger partial charge >= 0.3 is 0 Å². The Hall–Kier alpha value is -1.26. The fraction of sp³-hybridized carbons (Fsp3) is 0.368. The molecule has 1 atom stereocenters. The molecule has 2 aromatic rings. The van der Waals surface area contributed by atoms with E-state index < -0.39 is 0 Å². The van der Waals surface area contributed by atoms with Gasteiger partial charge in [0.1, 0.15) is 5.75 Å². The molecule has 3 rings (SSSR count). The zero-order valence-electron chi connectivity index (χ0n) is 13.8. The maximum absolute atomic E-state index is 6.30. The lowest BCUT2D eigenvalue weighted by molar-refractivity contribution is 0.236. The van der Waals surface area contributed by atoms with Crippen molar-refractivity contribution in [3.63, 3.8) is 0 Å². The summed E-state index contributed by atoms with van der Waals surface area (Å²) in [5, 5.41) is 4.92. The van der Waals surface area contributed by atoms with Crippen LogP contribution in [0.5, 0.6) is 5.75 Å². The molecule has 24 heavy (non-hydrogen) atoms. The second-order valence-corrected chi connectivity index (χ2v) is 6.86. The molecule has 1 aliphatic heterocycles. The standard InChI is InChI=1S/C19H22Cl2N2O/c1-24-18-7-6-16(21)13-17(18)19(14-4-2-5-15(20)12-14)23-10-3-8-22-9-11-23/h2,4-7,12-13,19,22H,3,8-11H2,1H3. The van der Waals surface area contributed by atoms with Gasteiger partial charge in [0.05, 0.1) is 13.2 Å². The van der Waals surface area contributed by atoms with E-state index >= 15 is 0 Å². The predicted molar refractivity (Wildman–Crippen MR) is 100 cm³/mol. The molecular formula is C19H22Cl2N2O. The lowest BCUT2D eigenvalue weighted by Gasteiger charge is -2.32. The Labute approximate surface area is 153 Å². The predicted octanol–water partition coefficient (Wildman–Crippen LogP) is 4.39. The minimum atomic E-state index is 0.0669. The van der Waals surface area contributed by atoms with Crippen molar-refractivity contribution in [3.8, 4) is 5.75 Å². The molecule has 2 aromatic carbocycles. The molecular weight excluding hydrogens is 343 g/mol. The first-order chi connectivity index (χ1) is 11.7. The van der Waals surface area contributed by atoms with Crippen molar-refractivity contribution < 1.29 is 4.74 Å². The van der Waals surface area contributed by atoms with Crippen LogP contribution in [0.25, 0.3) is 0 Å². The number of nitrogens with zero attached hydrogens (tertiary/aromatic N) is 1. The van der Waals surface area contributed by atoms with Crippen LogP contribution in [0.3, 0.4) is 0 Å². The van der Waals surface area contributed by atoms with Gasteiger partial charge in [-0.05, 0) is 48.9 Å².